The smallest absolute Gasteiger partial charge is 0.105 e. The first-order valence-electron chi connectivity index (χ1n) is 5.58. The summed E-state index contributed by atoms with van der Waals surface area (Å²) < 4.78 is 5.35. The fourth-order valence-electron chi connectivity index (χ4n) is 2.01. The van der Waals surface area contributed by atoms with Gasteiger partial charge in [0.2, 0.25) is 0 Å². The summed E-state index contributed by atoms with van der Waals surface area (Å²) in [5.74, 6) is 2.02. The molecule has 78 valence electrons. The molecule has 14 heavy (non-hydrogen) atoms. The van der Waals surface area contributed by atoms with Gasteiger partial charge >= 0.3 is 0 Å². The van der Waals surface area contributed by atoms with Gasteiger partial charge in [-0.15, -0.1) is 0 Å². The van der Waals surface area contributed by atoms with E-state index in [-0.39, 0.29) is 0 Å². The highest BCUT2D eigenvalue weighted by atomic mass is 16.3. The standard InChI is InChI=1S/C12H19NO/c1-3-13-12(8-10-4-5-10)11-6-7-14-9(11)2/h6-7,10,12-13H,3-5,8H2,1-2H3. The molecule has 1 unspecified atom stereocenters. The van der Waals surface area contributed by atoms with Gasteiger partial charge in [-0.1, -0.05) is 19.8 Å². The maximum absolute atomic E-state index is 5.35. The van der Waals surface area contributed by atoms with Crippen LogP contribution < -0.4 is 5.32 Å². The van der Waals surface area contributed by atoms with Gasteiger partial charge in [0, 0.05) is 11.6 Å². The third-order valence-electron chi connectivity index (χ3n) is 2.99. The zero-order valence-electron chi connectivity index (χ0n) is 9.05. The second-order valence-corrected chi connectivity index (χ2v) is 4.22. The molecule has 0 aromatic carbocycles. The Morgan fingerprint density at radius 1 is 1.57 bits per heavy atom. The minimum atomic E-state index is 0.506. The van der Waals surface area contributed by atoms with E-state index in [1.165, 1.54) is 24.8 Å². The van der Waals surface area contributed by atoms with Crippen LogP contribution >= 0.6 is 0 Å². The molecule has 0 amide bonds. The Balaban J connectivity index is 2.04. The molecule has 1 aromatic heterocycles. The van der Waals surface area contributed by atoms with Crippen LogP contribution in [0.25, 0.3) is 0 Å². The number of rotatable bonds is 5. The largest absolute Gasteiger partial charge is 0.469 e. The van der Waals surface area contributed by atoms with Gasteiger partial charge in [-0.05, 0) is 31.9 Å². The van der Waals surface area contributed by atoms with Crippen LogP contribution in [0.4, 0.5) is 0 Å². The summed E-state index contributed by atoms with van der Waals surface area (Å²) in [6, 6.07) is 2.61. The highest BCUT2D eigenvalue weighted by Crippen LogP contribution is 2.38. The summed E-state index contributed by atoms with van der Waals surface area (Å²) in [5.41, 5.74) is 1.35. The Morgan fingerprint density at radius 3 is 2.86 bits per heavy atom. The van der Waals surface area contributed by atoms with Crippen molar-refractivity contribution in [2.45, 2.75) is 39.2 Å². The first-order chi connectivity index (χ1) is 6.81. The Kier molecular flexibility index (Phi) is 2.92. The molecule has 1 fully saturated rings. The molecule has 1 N–H and O–H groups in total. The summed E-state index contributed by atoms with van der Waals surface area (Å²) in [7, 11) is 0. The quantitative estimate of drug-likeness (QED) is 0.777. The van der Waals surface area contributed by atoms with Crippen molar-refractivity contribution in [3.05, 3.63) is 23.7 Å². The average Bonchev–Trinajstić information content (AvgIpc) is 2.87. The number of nitrogens with one attached hydrogen (secondary N) is 1. The molecule has 0 bridgehead atoms. The Labute approximate surface area is 85.7 Å². The van der Waals surface area contributed by atoms with Crippen molar-refractivity contribution in [1.82, 2.24) is 5.32 Å². The van der Waals surface area contributed by atoms with E-state index in [1.807, 2.05) is 6.92 Å². The van der Waals surface area contributed by atoms with Crippen molar-refractivity contribution in [3.8, 4) is 0 Å². The summed E-state index contributed by atoms with van der Waals surface area (Å²) in [4.78, 5) is 0. The lowest BCUT2D eigenvalue weighted by Crippen LogP contribution is -2.21. The zero-order valence-corrected chi connectivity index (χ0v) is 9.05. The predicted octanol–water partition coefficient (Wildman–Crippen LogP) is 3.04. The summed E-state index contributed by atoms with van der Waals surface area (Å²) in [6.07, 6.45) is 5.90. The summed E-state index contributed by atoms with van der Waals surface area (Å²) in [6.45, 7) is 5.24. The fraction of sp³-hybridized carbons (Fsp3) is 0.667. The molecule has 1 aromatic rings. The third kappa shape index (κ3) is 2.18. The van der Waals surface area contributed by atoms with Crippen LogP contribution in [-0.4, -0.2) is 6.54 Å². The maximum Gasteiger partial charge on any atom is 0.105 e. The van der Waals surface area contributed by atoms with Crippen LogP contribution in [0.3, 0.4) is 0 Å². The number of hydrogen-bond acceptors (Lipinski definition) is 2. The van der Waals surface area contributed by atoms with Crippen molar-refractivity contribution >= 4 is 0 Å². The van der Waals surface area contributed by atoms with E-state index < -0.39 is 0 Å². The van der Waals surface area contributed by atoms with E-state index in [9.17, 15) is 0 Å². The third-order valence-corrected chi connectivity index (χ3v) is 2.99. The van der Waals surface area contributed by atoms with Gasteiger partial charge in [0.25, 0.3) is 0 Å². The van der Waals surface area contributed by atoms with E-state index in [0.717, 1.165) is 18.2 Å². The fourth-order valence-corrected chi connectivity index (χ4v) is 2.01. The van der Waals surface area contributed by atoms with Gasteiger partial charge < -0.3 is 9.73 Å². The monoisotopic (exact) mass is 193 g/mol. The SMILES string of the molecule is CCNC(CC1CC1)c1ccoc1C. The van der Waals surface area contributed by atoms with E-state index >= 15 is 0 Å². The zero-order chi connectivity index (χ0) is 9.97. The van der Waals surface area contributed by atoms with Gasteiger partial charge in [0.05, 0.1) is 6.26 Å². The molecule has 1 saturated carbocycles. The maximum atomic E-state index is 5.35. The first-order valence-corrected chi connectivity index (χ1v) is 5.58. The lowest BCUT2D eigenvalue weighted by atomic mass is 10.0. The van der Waals surface area contributed by atoms with Gasteiger partial charge in [-0.3, -0.25) is 0 Å². The van der Waals surface area contributed by atoms with Crippen molar-refractivity contribution in [3.63, 3.8) is 0 Å². The molecular weight excluding hydrogens is 174 g/mol. The van der Waals surface area contributed by atoms with Crippen molar-refractivity contribution in [2.24, 2.45) is 5.92 Å². The molecule has 2 heteroatoms. The van der Waals surface area contributed by atoms with Gasteiger partial charge in [-0.2, -0.15) is 0 Å². The predicted molar refractivity (Wildman–Crippen MR) is 57.2 cm³/mol. The summed E-state index contributed by atoms with van der Waals surface area (Å²) >= 11 is 0. The summed E-state index contributed by atoms with van der Waals surface area (Å²) in [5, 5.41) is 3.54. The minimum absolute atomic E-state index is 0.506. The van der Waals surface area contributed by atoms with Crippen LogP contribution in [-0.2, 0) is 0 Å². The van der Waals surface area contributed by atoms with Gasteiger partial charge in [0.15, 0.2) is 0 Å². The lowest BCUT2D eigenvalue weighted by Gasteiger charge is -2.16. The molecule has 1 aliphatic carbocycles. The molecule has 1 atom stereocenters. The molecule has 1 aliphatic rings. The Bertz CT molecular complexity index is 288. The normalized spacial score (nSPS) is 18.4. The van der Waals surface area contributed by atoms with Gasteiger partial charge in [0.1, 0.15) is 5.76 Å². The minimum Gasteiger partial charge on any atom is -0.469 e. The van der Waals surface area contributed by atoms with E-state index in [0.29, 0.717) is 6.04 Å². The lowest BCUT2D eigenvalue weighted by molar-refractivity contribution is 0.467. The van der Waals surface area contributed by atoms with Crippen LogP contribution in [0, 0.1) is 12.8 Å². The Morgan fingerprint density at radius 2 is 2.36 bits per heavy atom. The molecule has 0 spiro atoms. The molecule has 1 heterocycles. The molecule has 2 nitrogen and oxygen atoms in total. The average molecular weight is 193 g/mol. The number of hydrogen-bond donors (Lipinski definition) is 1. The molecule has 0 radical (unpaired) electrons. The molecule has 0 aliphatic heterocycles. The van der Waals surface area contributed by atoms with Crippen LogP contribution in [0.15, 0.2) is 16.7 Å². The van der Waals surface area contributed by atoms with Crippen LogP contribution in [0.2, 0.25) is 0 Å². The highest BCUT2D eigenvalue weighted by molar-refractivity contribution is 5.20. The van der Waals surface area contributed by atoms with E-state index in [1.54, 1.807) is 6.26 Å². The van der Waals surface area contributed by atoms with E-state index in [4.69, 9.17) is 4.42 Å². The van der Waals surface area contributed by atoms with Gasteiger partial charge in [-0.25, -0.2) is 0 Å². The topological polar surface area (TPSA) is 25.2 Å². The second kappa shape index (κ2) is 4.18. The number of aryl methyl sites for hydroxylation is 1. The van der Waals surface area contributed by atoms with Crippen molar-refractivity contribution in [1.29, 1.82) is 0 Å². The Hall–Kier alpha value is -0.760. The van der Waals surface area contributed by atoms with Crippen LogP contribution in [0.5, 0.6) is 0 Å². The second-order valence-electron chi connectivity index (χ2n) is 4.22. The number of furan rings is 1. The van der Waals surface area contributed by atoms with Crippen LogP contribution in [0.1, 0.15) is 43.6 Å². The van der Waals surface area contributed by atoms with Crippen molar-refractivity contribution < 1.29 is 4.42 Å². The highest BCUT2D eigenvalue weighted by Gasteiger charge is 2.27. The molecular formula is C12H19NO. The van der Waals surface area contributed by atoms with Crippen molar-refractivity contribution in [2.75, 3.05) is 6.54 Å². The molecule has 2 rings (SSSR count). The molecule has 0 saturated heterocycles. The first kappa shape index (κ1) is 9.78. The van der Waals surface area contributed by atoms with E-state index in [2.05, 4.69) is 18.3 Å².